The third-order valence-electron chi connectivity index (χ3n) is 3.79. The number of hydrogen-bond donors (Lipinski definition) is 2. The lowest BCUT2D eigenvalue weighted by atomic mass is 9.98. The number of nitrogens with zero attached hydrogens (tertiary/aromatic N) is 2. The van der Waals surface area contributed by atoms with Crippen molar-refractivity contribution < 1.29 is 18.0 Å². The first-order valence-electron chi connectivity index (χ1n) is 6.93. The van der Waals surface area contributed by atoms with Gasteiger partial charge in [-0.2, -0.15) is 18.3 Å². The first-order valence-corrected chi connectivity index (χ1v) is 6.93. The maximum absolute atomic E-state index is 12.7. The molecule has 5 nitrogen and oxygen atoms in total. The molecule has 2 N–H and O–H groups in total. The molecule has 21 heavy (non-hydrogen) atoms. The van der Waals surface area contributed by atoms with Gasteiger partial charge in [0.25, 0.3) is 5.91 Å². The SMILES string of the molecule is CCc1cc(C(=O)N[C@H]2CC[C@H](C(F)(F)F)N(C)C2)n[nH]1. The van der Waals surface area contributed by atoms with Crippen molar-refractivity contribution in [3.8, 4) is 0 Å². The number of halogens is 3. The minimum Gasteiger partial charge on any atom is -0.347 e. The Morgan fingerprint density at radius 3 is 2.76 bits per heavy atom. The molecule has 0 spiro atoms. The summed E-state index contributed by atoms with van der Waals surface area (Å²) < 4.78 is 38.2. The summed E-state index contributed by atoms with van der Waals surface area (Å²) in [6, 6.07) is -0.0639. The van der Waals surface area contributed by atoms with Crippen LogP contribution in [0.25, 0.3) is 0 Å². The Morgan fingerprint density at radius 1 is 1.52 bits per heavy atom. The Labute approximate surface area is 120 Å². The second-order valence-corrected chi connectivity index (χ2v) is 5.38. The Bertz CT molecular complexity index is 500. The van der Waals surface area contributed by atoms with Crippen molar-refractivity contribution in [1.29, 1.82) is 0 Å². The highest BCUT2D eigenvalue weighted by molar-refractivity contribution is 5.92. The van der Waals surface area contributed by atoms with Gasteiger partial charge in [0.05, 0.1) is 0 Å². The van der Waals surface area contributed by atoms with Crippen LogP contribution in [0.3, 0.4) is 0 Å². The fourth-order valence-electron chi connectivity index (χ4n) is 2.60. The van der Waals surface area contributed by atoms with E-state index < -0.39 is 12.2 Å². The van der Waals surface area contributed by atoms with Crippen LogP contribution in [0.2, 0.25) is 0 Å². The zero-order valence-electron chi connectivity index (χ0n) is 12.0. The van der Waals surface area contributed by atoms with Crippen molar-refractivity contribution in [3.05, 3.63) is 17.5 Å². The van der Waals surface area contributed by atoms with Gasteiger partial charge in [0, 0.05) is 18.3 Å². The van der Waals surface area contributed by atoms with E-state index in [-0.39, 0.29) is 30.6 Å². The van der Waals surface area contributed by atoms with Crippen molar-refractivity contribution in [3.63, 3.8) is 0 Å². The van der Waals surface area contributed by atoms with Crippen LogP contribution in [-0.4, -0.2) is 52.9 Å². The van der Waals surface area contributed by atoms with Gasteiger partial charge in [-0.1, -0.05) is 6.92 Å². The van der Waals surface area contributed by atoms with Gasteiger partial charge in [-0.15, -0.1) is 0 Å². The van der Waals surface area contributed by atoms with Crippen molar-refractivity contribution in [1.82, 2.24) is 20.4 Å². The van der Waals surface area contributed by atoms with Crippen LogP contribution in [0.4, 0.5) is 13.2 Å². The molecule has 0 bridgehead atoms. The predicted molar refractivity (Wildman–Crippen MR) is 70.9 cm³/mol. The van der Waals surface area contributed by atoms with Crippen molar-refractivity contribution >= 4 is 5.91 Å². The number of likely N-dealkylation sites (N-methyl/N-ethyl adjacent to an activating group) is 1. The molecule has 1 fully saturated rings. The van der Waals surface area contributed by atoms with E-state index >= 15 is 0 Å². The molecule has 118 valence electrons. The highest BCUT2D eigenvalue weighted by Crippen LogP contribution is 2.30. The standard InChI is InChI=1S/C13H19F3N4O/c1-3-8-6-10(19-18-8)12(21)17-9-4-5-11(13(14,15)16)20(2)7-9/h6,9,11H,3-5,7H2,1-2H3,(H,17,21)(H,18,19)/t9-,11+/m0/s1. The van der Waals surface area contributed by atoms with Gasteiger partial charge in [0.2, 0.25) is 0 Å². The summed E-state index contributed by atoms with van der Waals surface area (Å²) in [4.78, 5) is 13.2. The van der Waals surface area contributed by atoms with Crippen LogP contribution >= 0.6 is 0 Å². The summed E-state index contributed by atoms with van der Waals surface area (Å²) in [5.41, 5.74) is 1.12. The number of aromatic nitrogens is 2. The molecule has 2 heterocycles. The van der Waals surface area contributed by atoms with E-state index in [1.165, 1.54) is 11.9 Å². The lowest BCUT2D eigenvalue weighted by molar-refractivity contribution is -0.188. The fourth-order valence-corrected chi connectivity index (χ4v) is 2.60. The molecule has 1 aliphatic heterocycles. The van der Waals surface area contributed by atoms with Gasteiger partial charge in [0.1, 0.15) is 11.7 Å². The normalized spacial score (nSPS) is 24.0. The topological polar surface area (TPSA) is 61.0 Å². The Kier molecular flexibility index (Phi) is 4.55. The molecule has 0 saturated carbocycles. The number of carbonyl (C=O) groups excluding carboxylic acids is 1. The molecule has 1 saturated heterocycles. The third kappa shape index (κ3) is 3.75. The molecule has 2 atom stereocenters. The smallest absolute Gasteiger partial charge is 0.347 e. The number of H-pyrrole nitrogens is 1. The molecule has 1 amide bonds. The summed E-state index contributed by atoms with van der Waals surface area (Å²) in [7, 11) is 1.43. The summed E-state index contributed by atoms with van der Waals surface area (Å²) in [6.07, 6.45) is -3.18. The fraction of sp³-hybridized carbons (Fsp3) is 0.692. The van der Waals surface area contributed by atoms with Gasteiger partial charge >= 0.3 is 6.18 Å². The summed E-state index contributed by atoms with van der Waals surface area (Å²) >= 11 is 0. The molecule has 2 rings (SSSR count). The second kappa shape index (κ2) is 6.05. The maximum atomic E-state index is 12.7. The molecule has 1 aromatic heterocycles. The molecular formula is C13H19F3N4O. The van der Waals surface area contributed by atoms with E-state index in [2.05, 4.69) is 15.5 Å². The van der Waals surface area contributed by atoms with E-state index in [1.54, 1.807) is 6.07 Å². The first kappa shape index (κ1) is 15.8. The number of carbonyl (C=O) groups is 1. The minimum atomic E-state index is -4.22. The maximum Gasteiger partial charge on any atom is 0.404 e. The molecule has 0 aliphatic carbocycles. The van der Waals surface area contributed by atoms with Crippen LogP contribution < -0.4 is 5.32 Å². The number of aryl methyl sites for hydroxylation is 1. The Balaban J connectivity index is 1.92. The highest BCUT2D eigenvalue weighted by atomic mass is 19.4. The average Bonchev–Trinajstić information content (AvgIpc) is 2.86. The van der Waals surface area contributed by atoms with Crippen molar-refractivity contribution in [2.24, 2.45) is 0 Å². The number of piperidine rings is 1. The quantitative estimate of drug-likeness (QED) is 0.894. The number of hydrogen-bond acceptors (Lipinski definition) is 3. The van der Waals surface area contributed by atoms with Crippen LogP contribution in [0, 0.1) is 0 Å². The molecular weight excluding hydrogens is 285 g/mol. The van der Waals surface area contributed by atoms with Gasteiger partial charge in [-0.3, -0.25) is 14.8 Å². The van der Waals surface area contributed by atoms with Crippen LogP contribution in [-0.2, 0) is 6.42 Å². The minimum absolute atomic E-state index is 0.00821. The zero-order chi connectivity index (χ0) is 15.6. The van der Waals surface area contributed by atoms with Crippen LogP contribution in [0.1, 0.15) is 35.9 Å². The van der Waals surface area contributed by atoms with Crippen molar-refractivity contribution in [2.45, 2.75) is 44.4 Å². The molecule has 8 heteroatoms. The average molecular weight is 304 g/mol. The van der Waals surface area contributed by atoms with Crippen LogP contribution in [0.15, 0.2) is 6.07 Å². The first-order chi connectivity index (χ1) is 9.81. The number of amides is 1. The number of rotatable bonds is 3. The van der Waals surface area contributed by atoms with Gasteiger partial charge < -0.3 is 5.32 Å². The molecule has 1 aliphatic rings. The third-order valence-corrected chi connectivity index (χ3v) is 3.79. The largest absolute Gasteiger partial charge is 0.404 e. The van der Waals surface area contributed by atoms with E-state index in [9.17, 15) is 18.0 Å². The highest BCUT2D eigenvalue weighted by Gasteiger charge is 2.44. The second-order valence-electron chi connectivity index (χ2n) is 5.38. The van der Waals surface area contributed by atoms with Gasteiger partial charge in [0.15, 0.2) is 0 Å². The number of likely N-dealkylation sites (tertiary alicyclic amines) is 1. The van der Waals surface area contributed by atoms with E-state index in [0.717, 1.165) is 12.1 Å². The van der Waals surface area contributed by atoms with Gasteiger partial charge in [-0.25, -0.2) is 0 Å². The Hall–Kier alpha value is -1.57. The summed E-state index contributed by atoms with van der Waals surface area (Å²) in [6.45, 7) is 2.11. The monoisotopic (exact) mass is 304 g/mol. The van der Waals surface area contributed by atoms with E-state index in [0.29, 0.717) is 6.42 Å². The lowest BCUT2D eigenvalue weighted by Gasteiger charge is -2.38. The number of nitrogens with one attached hydrogen (secondary N) is 2. The summed E-state index contributed by atoms with van der Waals surface area (Å²) in [5, 5.41) is 9.38. The molecule has 0 unspecified atom stereocenters. The van der Waals surface area contributed by atoms with E-state index in [4.69, 9.17) is 0 Å². The van der Waals surface area contributed by atoms with Crippen molar-refractivity contribution in [2.75, 3.05) is 13.6 Å². The molecule has 0 radical (unpaired) electrons. The van der Waals surface area contributed by atoms with Gasteiger partial charge in [-0.05, 0) is 32.4 Å². The predicted octanol–water partition coefficient (Wildman–Crippen LogP) is 1.73. The zero-order valence-corrected chi connectivity index (χ0v) is 12.0. The lowest BCUT2D eigenvalue weighted by Crippen LogP contribution is -2.54. The summed E-state index contributed by atoms with van der Waals surface area (Å²) in [5.74, 6) is -0.352. The number of aromatic amines is 1. The number of alkyl halides is 3. The molecule has 0 aromatic carbocycles. The Morgan fingerprint density at radius 2 is 2.24 bits per heavy atom. The van der Waals surface area contributed by atoms with Crippen LogP contribution in [0.5, 0.6) is 0 Å². The molecule has 1 aromatic rings. The van der Waals surface area contributed by atoms with E-state index in [1.807, 2.05) is 6.92 Å².